The van der Waals surface area contributed by atoms with Gasteiger partial charge in [0.15, 0.2) is 0 Å². The number of aryl methyl sites for hydroxylation is 1. The normalized spacial score (nSPS) is 16.3. The van der Waals surface area contributed by atoms with Crippen LogP contribution in [0.4, 0.5) is 0 Å². The Morgan fingerprint density at radius 1 is 1.67 bits per heavy atom. The molecule has 1 heterocycles. The van der Waals surface area contributed by atoms with Crippen LogP contribution in [0.25, 0.3) is 0 Å². The zero-order valence-electron chi connectivity index (χ0n) is 6.82. The minimum atomic E-state index is 0.380. The van der Waals surface area contributed by atoms with Crippen molar-refractivity contribution in [2.45, 2.75) is 25.7 Å². The Labute approximate surface area is 70.7 Å². The third-order valence-corrected chi connectivity index (χ3v) is 2.18. The largest absolute Gasteiger partial charge is 0.364 e. The van der Waals surface area contributed by atoms with Crippen LogP contribution in [0.15, 0.2) is 17.0 Å². The highest BCUT2D eigenvalue weighted by atomic mass is 16.5. The SMILES string of the molecule is O=C(CCc1cnoc1)C1CC1. The molecule has 2 rings (SSSR count). The van der Waals surface area contributed by atoms with E-state index in [1.165, 1.54) is 0 Å². The molecule has 1 aromatic rings. The van der Waals surface area contributed by atoms with Gasteiger partial charge in [-0.15, -0.1) is 0 Å². The van der Waals surface area contributed by atoms with E-state index >= 15 is 0 Å². The van der Waals surface area contributed by atoms with Crippen LogP contribution < -0.4 is 0 Å². The number of aromatic nitrogens is 1. The summed E-state index contributed by atoms with van der Waals surface area (Å²) < 4.78 is 4.66. The van der Waals surface area contributed by atoms with Crippen LogP contribution in [0.5, 0.6) is 0 Å². The second-order valence-corrected chi connectivity index (χ2v) is 3.27. The Kier molecular flexibility index (Phi) is 1.94. The predicted octanol–water partition coefficient (Wildman–Crippen LogP) is 1.59. The highest BCUT2D eigenvalue weighted by Crippen LogP contribution is 2.31. The van der Waals surface area contributed by atoms with Gasteiger partial charge < -0.3 is 4.52 Å². The number of ketones is 1. The molecule has 0 saturated heterocycles. The van der Waals surface area contributed by atoms with Crippen LogP contribution in [-0.4, -0.2) is 10.9 Å². The average Bonchev–Trinajstić information content (AvgIpc) is 2.80. The molecule has 0 spiro atoms. The quantitative estimate of drug-likeness (QED) is 0.680. The van der Waals surface area contributed by atoms with Crippen molar-refractivity contribution in [3.05, 3.63) is 18.0 Å². The summed E-state index contributed by atoms with van der Waals surface area (Å²) in [5.41, 5.74) is 1.02. The molecule has 1 fully saturated rings. The van der Waals surface area contributed by atoms with Gasteiger partial charge in [-0.1, -0.05) is 5.16 Å². The van der Waals surface area contributed by atoms with Crippen molar-refractivity contribution in [1.29, 1.82) is 0 Å². The van der Waals surface area contributed by atoms with Gasteiger partial charge >= 0.3 is 0 Å². The molecule has 3 heteroatoms. The first-order chi connectivity index (χ1) is 5.86. The topological polar surface area (TPSA) is 43.1 Å². The van der Waals surface area contributed by atoms with Crippen LogP contribution in [-0.2, 0) is 11.2 Å². The lowest BCUT2D eigenvalue weighted by Gasteiger charge is -1.94. The average molecular weight is 165 g/mol. The molecule has 3 nitrogen and oxygen atoms in total. The Balaban J connectivity index is 1.78. The molecular weight excluding hydrogens is 154 g/mol. The maximum atomic E-state index is 11.2. The summed E-state index contributed by atoms with van der Waals surface area (Å²) in [6.45, 7) is 0. The molecule has 0 amide bonds. The monoisotopic (exact) mass is 165 g/mol. The van der Waals surface area contributed by atoms with Crippen molar-refractivity contribution >= 4 is 5.78 Å². The molecule has 1 saturated carbocycles. The second-order valence-electron chi connectivity index (χ2n) is 3.27. The van der Waals surface area contributed by atoms with Gasteiger partial charge in [-0.25, -0.2) is 0 Å². The van der Waals surface area contributed by atoms with Gasteiger partial charge in [0.25, 0.3) is 0 Å². The third kappa shape index (κ3) is 1.72. The molecule has 0 N–H and O–H groups in total. The number of hydrogen-bond donors (Lipinski definition) is 0. The molecule has 0 radical (unpaired) electrons. The van der Waals surface area contributed by atoms with E-state index in [0.717, 1.165) is 24.8 Å². The van der Waals surface area contributed by atoms with Gasteiger partial charge in [0.05, 0.1) is 6.20 Å². The highest BCUT2D eigenvalue weighted by molar-refractivity contribution is 5.83. The van der Waals surface area contributed by atoms with Gasteiger partial charge in [-0.05, 0) is 19.3 Å². The number of rotatable bonds is 4. The second kappa shape index (κ2) is 3.09. The Morgan fingerprint density at radius 2 is 2.50 bits per heavy atom. The smallest absolute Gasteiger partial charge is 0.136 e. The highest BCUT2D eigenvalue weighted by Gasteiger charge is 2.28. The molecule has 0 aliphatic heterocycles. The third-order valence-electron chi connectivity index (χ3n) is 2.18. The molecule has 1 aliphatic carbocycles. The molecule has 12 heavy (non-hydrogen) atoms. The van der Waals surface area contributed by atoms with E-state index in [2.05, 4.69) is 9.68 Å². The van der Waals surface area contributed by atoms with Gasteiger partial charge in [0, 0.05) is 17.9 Å². The van der Waals surface area contributed by atoms with E-state index in [9.17, 15) is 4.79 Å². The molecule has 1 aliphatic rings. The lowest BCUT2D eigenvalue weighted by atomic mass is 10.1. The summed E-state index contributed by atoms with van der Waals surface area (Å²) >= 11 is 0. The first-order valence-corrected chi connectivity index (χ1v) is 4.27. The molecule has 0 aromatic carbocycles. The van der Waals surface area contributed by atoms with Crippen LogP contribution >= 0.6 is 0 Å². The van der Waals surface area contributed by atoms with Crippen LogP contribution in [0, 0.1) is 5.92 Å². The van der Waals surface area contributed by atoms with E-state index in [0.29, 0.717) is 18.1 Å². The van der Waals surface area contributed by atoms with E-state index < -0.39 is 0 Å². The minimum absolute atomic E-state index is 0.380. The van der Waals surface area contributed by atoms with E-state index in [1.54, 1.807) is 12.5 Å². The number of hydrogen-bond acceptors (Lipinski definition) is 3. The van der Waals surface area contributed by atoms with Crippen LogP contribution in [0.1, 0.15) is 24.8 Å². The van der Waals surface area contributed by atoms with Gasteiger partial charge in [0.2, 0.25) is 0 Å². The molecule has 0 bridgehead atoms. The summed E-state index contributed by atoms with van der Waals surface area (Å²) in [6, 6.07) is 0. The standard InChI is InChI=1S/C9H11NO2/c11-9(8-2-3-8)4-1-7-5-10-12-6-7/h5-6,8H,1-4H2. The number of Topliss-reactive ketones (excluding diaryl/α,β-unsaturated/α-hetero) is 1. The van der Waals surface area contributed by atoms with Gasteiger partial charge in [-0.2, -0.15) is 0 Å². The first-order valence-electron chi connectivity index (χ1n) is 4.27. The van der Waals surface area contributed by atoms with Crippen LogP contribution in [0.2, 0.25) is 0 Å². The van der Waals surface area contributed by atoms with E-state index in [4.69, 9.17) is 0 Å². The van der Waals surface area contributed by atoms with E-state index in [1.807, 2.05) is 0 Å². The lowest BCUT2D eigenvalue weighted by molar-refractivity contribution is -0.120. The predicted molar refractivity (Wildman–Crippen MR) is 42.6 cm³/mol. The van der Waals surface area contributed by atoms with E-state index in [-0.39, 0.29) is 0 Å². The number of carbonyl (C=O) groups excluding carboxylic acids is 1. The molecule has 1 aromatic heterocycles. The van der Waals surface area contributed by atoms with Gasteiger partial charge in [-0.3, -0.25) is 4.79 Å². The zero-order chi connectivity index (χ0) is 8.39. The first kappa shape index (κ1) is 7.53. The summed E-state index contributed by atoms with van der Waals surface area (Å²) in [5, 5.41) is 3.57. The van der Waals surface area contributed by atoms with Crippen molar-refractivity contribution in [3.8, 4) is 0 Å². The summed E-state index contributed by atoms with van der Waals surface area (Å²) in [7, 11) is 0. The molecule has 0 unspecified atom stereocenters. The van der Waals surface area contributed by atoms with Crippen molar-refractivity contribution in [1.82, 2.24) is 5.16 Å². The van der Waals surface area contributed by atoms with Crippen molar-refractivity contribution in [2.75, 3.05) is 0 Å². The molecular formula is C9H11NO2. The Hall–Kier alpha value is -1.12. The maximum absolute atomic E-state index is 11.2. The maximum Gasteiger partial charge on any atom is 0.136 e. The van der Waals surface area contributed by atoms with Crippen molar-refractivity contribution < 1.29 is 9.32 Å². The summed E-state index contributed by atoms with van der Waals surface area (Å²) in [6.07, 6.45) is 6.88. The fraction of sp³-hybridized carbons (Fsp3) is 0.556. The number of carbonyl (C=O) groups is 1. The zero-order valence-corrected chi connectivity index (χ0v) is 6.82. The fourth-order valence-corrected chi connectivity index (χ4v) is 1.23. The Morgan fingerprint density at radius 3 is 3.08 bits per heavy atom. The van der Waals surface area contributed by atoms with Gasteiger partial charge in [0.1, 0.15) is 12.0 Å². The fourth-order valence-electron chi connectivity index (χ4n) is 1.23. The minimum Gasteiger partial charge on any atom is -0.364 e. The lowest BCUT2D eigenvalue weighted by Crippen LogP contribution is -2.01. The Bertz CT molecular complexity index is 262. The van der Waals surface area contributed by atoms with Crippen LogP contribution in [0.3, 0.4) is 0 Å². The molecule has 64 valence electrons. The summed E-state index contributed by atoms with van der Waals surface area (Å²) in [4.78, 5) is 11.2. The summed E-state index contributed by atoms with van der Waals surface area (Å²) in [5.74, 6) is 0.779. The molecule has 0 atom stereocenters. The number of nitrogens with zero attached hydrogens (tertiary/aromatic N) is 1. The van der Waals surface area contributed by atoms with Crippen molar-refractivity contribution in [2.24, 2.45) is 5.92 Å². The van der Waals surface area contributed by atoms with Crippen molar-refractivity contribution in [3.63, 3.8) is 0 Å².